The molecule has 0 amide bonds. The predicted octanol–water partition coefficient (Wildman–Crippen LogP) is 2.85. The molecule has 0 bridgehead atoms. The van der Waals surface area contributed by atoms with Crippen molar-refractivity contribution in [3.05, 3.63) is 0 Å². The van der Waals surface area contributed by atoms with Gasteiger partial charge in [-0.1, -0.05) is 33.1 Å². The molecule has 2 N–H and O–H groups in total. The second-order valence-electron chi connectivity index (χ2n) is 6.30. The smallest absolute Gasteiger partial charge is 0.0600 e. The summed E-state index contributed by atoms with van der Waals surface area (Å²) >= 11 is 0. The monoisotopic (exact) mass is 225 g/mol. The Kier molecular flexibility index (Phi) is 3.33. The predicted molar refractivity (Wildman–Crippen MR) is 67.4 cm³/mol. The van der Waals surface area contributed by atoms with Gasteiger partial charge < -0.3 is 10.4 Å². The van der Waals surface area contributed by atoms with Gasteiger partial charge in [-0.2, -0.15) is 0 Å². The normalized spacial score (nSPS) is 43.5. The van der Waals surface area contributed by atoms with Gasteiger partial charge in [-0.05, 0) is 38.5 Å². The molecule has 2 aliphatic rings. The maximum atomic E-state index is 10.3. The van der Waals surface area contributed by atoms with Crippen molar-refractivity contribution in [2.24, 2.45) is 5.92 Å². The first-order valence-electron chi connectivity index (χ1n) is 6.99. The molecule has 0 aromatic rings. The van der Waals surface area contributed by atoms with Crippen LogP contribution in [0.25, 0.3) is 0 Å². The highest BCUT2D eigenvalue weighted by molar-refractivity contribution is 5.07. The third kappa shape index (κ3) is 2.02. The van der Waals surface area contributed by atoms with E-state index in [1.807, 2.05) is 0 Å². The molecule has 1 spiro atoms. The van der Waals surface area contributed by atoms with Crippen LogP contribution in [0.2, 0.25) is 0 Å². The summed E-state index contributed by atoms with van der Waals surface area (Å²) in [4.78, 5) is 0. The highest BCUT2D eigenvalue weighted by atomic mass is 16.3. The van der Waals surface area contributed by atoms with Gasteiger partial charge in [-0.3, -0.25) is 0 Å². The number of aliphatic hydroxyl groups is 1. The summed E-state index contributed by atoms with van der Waals surface area (Å²) in [6.45, 7) is 6.71. The molecule has 2 rings (SSSR count). The molecule has 2 fully saturated rings. The quantitative estimate of drug-likeness (QED) is 0.719. The summed E-state index contributed by atoms with van der Waals surface area (Å²) in [7, 11) is 0. The van der Waals surface area contributed by atoms with Crippen LogP contribution in [0.5, 0.6) is 0 Å². The van der Waals surface area contributed by atoms with E-state index in [9.17, 15) is 5.11 Å². The molecule has 2 heteroatoms. The van der Waals surface area contributed by atoms with Gasteiger partial charge in [-0.15, -0.1) is 0 Å². The van der Waals surface area contributed by atoms with Crippen molar-refractivity contribution in [2.75, 3.05) is 0 Å². The Hall–Kier alpha value is -0.0800. The highest BCUT2D eigenvalue weighted by Crippen LogP contribution is 2.42. The van der Waals surface area contributed by atoms with Crippen molar-refractivity contribution >= 4 is 0 Å². The van der Waals surface area contributed by atoms with E-state index in [2.05, 4.69) is 26.1 Å². The molecule has 3 atom stereocenters. The van der Waals surface area contributed by atoms with Crippen molar-refractivity contribution < 1.29 is 5.11 Å². The third-order valence-corrected chi connectivity index (χ3v) is 5.28. The van der Waals surface area contributed by atoms with Gasteiger partial charge in [0.1, 0.15) is 0 Å². The van der Waals surface area contributed by atoms with Gasteiger partial charge >= 0.3 is 0 Å². The summed E-state index contributed by atoms with van der Waals surface area (Å²) in [6.07, 6.45) is 8.49. The van der Waals surface area contributed by atoms with Crippen LogP contribution in [0.15, 0.2) is 0 Å². The van der Waals surface area contributed by atoms with Crippen LogP contribution < -0.4 is 5.32 Å². The zero-order valence-electron chi connectivity index (χ0n) is 11.1. The minimum Gasteiger partial charge on any atom is -0.393 e. The number of hydrogen-bond donors (Lipinski definition) is 2. The number of piperidine rings is 1. The molecule has 3 unspecified atom stereocenters. The maximum absolute atomic E-state index is 10.3. The molecule has 1 aliphatic heterocycles. The fourth-order valence-corrected chi connectivity index (χ4v) is 3.74. The van der Waals surface area contributed by atoms with Crippen LogP contribution in [-0.4, -0.2) is 22.3 Å². The SMILES string of the molecule is CCC1(C)NC2(CCCCC2)CC(O)C1C. The molecule has 0 aromatic heterocycles. The third-order valence-electron chi connectivity index (χ3n) is 5.28. The lowest BCUT2D eigenvalue weighted by atomic mass is 9.66. The van der Waals surface area contributed by atoms with Crippen LogP contribution in [0.3, 0.4) is 0 Å². The average Bonchev–Trinajstić information content (AvgIpc) is 2.27. The standard InChI is InChI=1S/C14H27NO/c1-4-13(3)11(2)12(16)10-14(15-13)8-6-5-7-9-14/h11-12,15-16H,4-10H2,1-3H3. The molecule has 0 radical (unpaired) electrons. The van der Waals surface area contributed by atoms with E-state index in [0.717, 1.165) is 12.8 Å². The maximum Gasteiger partial charge on any atom is 0.0600 e. The lowest BCUT2D eigenvalue weighted by Crippen LogP contribution is -2.67. The summed E-state index contributed by atoms with van der Waals surface area (Å²) in [6, 6.07) is 0. The molecule has 1 heterocycles. The molecule has 2 nitrogen and oxygen atoms in total. The fourth-order valence-electron chi connectivity index (χ4n) is 3.74. The number of nitrogens with one attached hydrogen (secondary N) is 1. The first-order chi connectivity index (χ1) is 7.51. The minimum absolute atomic E-state index is 0.120. The van der Waals surface area contributed by atoms with Crippen molar-refractivity contribution in [3.8, 4) is 0 Å². The number of aliphatic hydroxyl groups excluding tert-OH is 1. The van der Waals surface area contributed by atoms with E-state index in [1.165, 1.54) is 32.1 Å². The van der Waals surface area contributed by atoms with Crippen LogP contribution in [0.4, 0.5) is 0 Å². The summed E-state index contributed by atoms with van der Waals surface area (Å²) < 4.78 is 0. The molecule has 0 aromatic carbocycles. The molecule has 1 aliphatic carbocycles. The largest absolute Gasteiger partial charge is 0.393 e. The Morgan fingerprint density at radius 3 is 2.44 bits per heavy atom. The van der Waals surface area contributed by atoms with Crippen molar-refractivity contribution in [1.82, 2.24) is 5.32 Å². The molecular formula is C14H27NO. The second-order valence-corrected chi connectivity index (χ2v) is 6.30. The van der Waals surface area contributed by atoms with Crippen LogP contribution >= 0.6 is 0 Å². The number of hydrogen-bond acceptors (Lipinski definition) is 2. The van der Waals surface area contributed by atoms with Crippen molar-refractivity contribution in [1.29, 1.82) is 0 Å². The van der Waals surface area contributed by atoms with E-state index < -0.39 is 0 Å². The second kappa shape index (κ2) is 4.30. The van der Waals surface area contributed by atoms with Crippen LogP contribution in [0.1, 0.15) is 65.7 Å². The van der Waals surface area contributed by atoms with Gasteiger partial charge in [0.2, 0.25) is 0 Å². The first-order valence-corrected chi connectivity index (χ1v) is 6.99. The lowest BCUT2D eigenvalue weighted by Gasteiger charge is -2.55. The number of rotatable bonds is 1. The Balaban J connectivity index is 2.18. The van der Waals surface area contributed by atoms with Gasteiger partial charge in [0, 0.05) is 11.1 Å². The van der Waals surface area contributed by atoms with E-state index >= 15 is 0 Å². The summed E-state index contributed by atoms with van der Waals surface area (Å²) in [5.41, 5.74) is 0.365. The Bertz CT molecular complexity index is 247. The molecular weight excluding hydrogens is 198 g/mol. The van der Waals surface area contributed by atoms with E-state index in [-0.39, 0.29) is 17.2 Å². The highest BCUT2D eigenvalue weighted by Gasteiger charge is 2.48. The van der Waals surface area contributed by atoms with Crippen molar-refractivity contribution in [2.45, 2.75) is 82.9 Å². The molecule has 94 valence electrons. The Morgan fingerprint density at radius 1 is 1.25 bits per heavy atom. The summed E-state index contributed by atoms with van der Waals surface area (Å²) in [5, 5.41) is 14.2. The van der Waals surface area contributed by atoms with Gasteiger partial charge in [-0.25, -0.2) is 0 Å². The fraction of sp³-hybridized carbons (Fsp3) is 1.00. The molecule has 1 saturated heterocycles. The van der Waals surface area contributed by atoms with Gasteiger partial charge in [0.15, 0.2) is 0 Å². The van der Waals surface area contributed by atoms with Crippen LogP contribution in [0, 0.1) is 5.92 Å². The molecule has 16 heavy (non-hydrogen) atoms. The zero-order chi connectivity index (χ0) is 11.8. The van der Waals surface area contributed by atoms with E-state index in [4.69, 9.17) is 0 Å². The van der Waals surface area contributed by atoms with Gasteiger partial charge in [0.05, 0.1) is 6.10 Å². The minimum atomic E-state index is -0.121. The van der Waals surface area contributed by atoms with Crippen LogP contribution in [-0.2, 0) is 0 Å². The first kappa shape index (κ1) is 12.4. The van der Waals surface area contributed by atoms with E-state index in [0.29, 0.717) is 5.92 Å². The molecule has 1 saturated carbocycles. The van der Waals surface area contributed by atoms with Gasteiger partial charge in [0.25, 0.3) is 0 Å². The zero-order valence-corrected chi connectivity index (χ0v) is 11.1. The average molecular weight is 225 g/mol. The Labute approximate surface area is 99.8 Å². The van der Waals surface area contributed by atoms with E-state index in [1.54, 1.807) is 0 Å². The summed E-state index contributed by atoms with van der Waals surface area (Å²) in [5.74, 6) is 0.366. The van der Waals surface area contributed by atoms with Crippen molar-refractivity contribution in [3.63, 3.8) is 0 Å². The lowest BCUT2D eigenvalue weighted by molar-refractivity contribution is -0.0433. The Morgan fingerprint density at radius 2 is 1.88 bits per heavy atom. The topological polar surface area (TPSA) is 32.3 Å².